The summed E-state index contributed by atoms with van der Waals surface area (Å²) in [5.74, 6) is -0.345. The average Bonchev–Trinajstić information content (AvgIpc) is 3.25. The van der Waals surface area contributed by atoms with Crippen LogP contribution in [0, 0.1) is 11.8 Å². The molecule has 1 aromatic carbocycles. The van der Waals surface area contributed by atoms with Crippen LogP contribution in [0.3, 0.4) is 0 Å². The molecule has 2 fully saturated rings. The number of aromatic nitrogens is 1. The number of benzene rings is 1. The summed E-state index contributed by atoms with van der Waals surface area (Å²) in [6.45, 7) is 6.12. The lowest BCUT2D eigenvalue weighted by atomic mass is 9.68. The van der Waals surface area contributed by atoms with Gasteiger partial charge in [0.25, 0.3) is 0 Å². The number of halogens is 1. The monoisotopic (exact) mass is 409 g/mol. The van der Waals surface area contributed by atoms with E-state index in [0.717, 1.165) is 41.5 Å². The number of fused-ring (bicyclic) bond motifs is 5. The fourth-order valence-electron chi connectivity index (χ4n) is 5.70. The molecule has 29 heavy (non-hydrogen) atoms. The van der Waals surface area contributed by atoms with Gasteiger partial charge in [0.1, 0.15) is 10.9 Å². The van der Waals surface area contributed by atoms with E-state index in [0.29, 0.717) is 10.7 Å². The minimum Gasteiger partial charge on any atom is -0.511 e. The van der Waals surface area contributed by atoms with Crippen molar-refractivity contribution in [3.63, 3.8) is 0 Å². The summed E-state index contributed by atoms with van der Waals surface area (Å²) < 4.78 is 6.26. The van der Waals surface area contributed by atoms with E-state index in [1.807, 2.05) is 38.1 Å². The van der Waals surface area contributed by atoms with E-state index in [1.165, 1.54) is 0 Å². The van der Waals surface area contributed by atoms with Gasteiger partial charge < -0.3 is 9.84 Å². The van der Waals surface area contributed by atoms with Crippen molar-refractivity contribution in [2.24, 2.45) is 11.8 Å². The first kappa shape index (κ1) is 18.8. The van der Waals surface area contributed by atoms with Gasteiger partial charge in [-0.15, -0.1) is 0 Å². The number of ketones is 1. The maximum atomic E-state index is 13.6. The fraction of sp³-hybridized carbons (Fsp3) is 0.417. The van der Waals surface area contributed by atoms with E-state index >= 15 is 0 Å². The van der Waals surface area contributed by atoms with Crippen molar-refractivity contribution in [2.75, 3.05) is 0 Å². The molecule has 0 spiro atoms. The number of carbonyl (C=O) groups is 1. The molecule has 2 aromatic rings. The predicted molar refractivity (Wildman–Crippen MR) is 113 cm³/mol. The van der Waals surface area contributed by atoms with Gasteiger partial charge in [0, 0.05) is 11.8 Å². The number of aryl methyl sites for hydroxylation is 1. The van der Waals surface area contributed by atoms with Crippen LogP contribution in [0.25, 0.3) is 16.7 Å². The molecular formula is C24H24ClNO3. The van der Waals surface area contributed by atoms with E-state index in [2.05, 4.69) is 11.9 Å². The lowest BCUT2D eigenvalue weighted by molar-refractivity contribution is -0.121. The summed E-state index contributed by atoms with van der Waals surface area (Å²) in [5.41, 5.74) is 3.26. The number of nitrogens with zero attached hydrogens (tertiary/aromatic N) is 1. The Bertz CT molecular complexity index is 1060. The second-order valence-corrected chi connectivity index (χ2v) is 9.29. The number of aliphatic hydroxyl groups is 1. The summed E-state index contributed by atoms with van der Waals surface area (Å²) in [5, 5.41) is 11.7. The number of Topliss-reactive ketones (excluding diaryl/α,β-unsaturated/α-hetero) is 1. The Morgan fingerprint density at radius 2 is 1.83 bits per heavy atom. The van der Waals surface area contributed by atoms with Gasteiger partial charge in [-0.05, 0) is 68.0 Å². The quantitative estimate of drug-likeness (QED) is 0.690. The standard InChI is InChI=1S/C24H24ClNO3/c1-4-13-5-6-14(15-7-8-17(25)26-12-15)11-16(13)18-21(27)19-20(22(18)28)24(3)10-9-23(19,2)29-24/h5-8,11-12,19-20,27H,4,9-10H2,1-3H3/t19-,20+,23?,24?/m1/s1. The number of aliphatic hydroxyl groups excluding tert-OH is 1. The Morgan fingerprint density at radius 1 is 1.14 bits per heavy atom. The van der Waals surface area contributed by atoms with Crippen LogP contribution in [0.5, 0.6) is 0 Å². The highest BCUT2D eigenvalue weighted by Gasteiger charge is 2.69. The zero-order valence-corrected chi connectivity index (χ0v) is 17.6. The Kier molecular flexibility index (Phi) is 4.00. The molecular weight excluding hydrogens is 386 g/mol. The number of rotatable bonds is 3. The van der Waals surface area contributed by atoms with Crippen molar-refractivity contribution in [2.45, 2.75) is 51.2 Å². The second kappa shape index (κ2) is 6.16. The van der Waals surface area contributed by atoms with Crippen LogP contribution in [-0.2, 0) is 16.0 Å². The number of ether oxygens (including phenoxy) is 1. The van der Waals surface area contributed by atoms with Crippen LogP contribution in [0.1, 0.15) is 44.7 Å². The molecule has 2 unspecified atom stereocenters. The molecule has 4 nitrogen and oxygen atoms in total. The molecule has 4 atom stereocenters. The molecule has 2 saturated heterocycles. The van der Waals surface area contributed by atoms with Gasteiger partial charge in [0.2, 0.25) is 0 Å². The molecule has 0 saturated carbocycles. The minimum atomic E-state index is -0.490. The molecule has 0 radical (unpaired) electrons. The summed E-state index contributed by atoms with van der Waals surface area (Å²) in [7, 11) is 0. The van der Waals surface area contributed by atoms with E-state index in [4.69, 9.17) is 16.3 Å². The van der Waals surface area contributed by atoms with Crippen LogP contribution < -0.4 is 0 Å². The van der Waals surface area contributed by atoms with E-state index in [9.17, 15) is 9.90 Å². The van der Waals surface area contributed by atoms with Crippen LogP contribution >= 0.6 is 11.6 Å². The Labute approximate surface area is 175 Å². The van der Waals surface area contributed by atoms with Crippen LogP contribution in [0.2, 0.25) is 5.15 Å². The third-order valence-electron chi connectivity index (χ3n) is 7.13. The van der Waals surface area contributed by atoms with Gasteiger partial charge in [-0.25, -0.2) is 4.98 Å². The third-order valence-corrected chi connectivity index (χ3v) is 7.36. The van der Waals surface area contributed by atoms with Crippen molar-refractivity contribution >= 4 is 23.0 Å². The fourth-order valence-corrected chi connectivity index (χ4v) is 5.81. The lowest BCUT2D eigenvalue weighted by Crippen LogP contribution is -2.39. The maximum absolute atomic E-state index is 13.6. The summed E-state index contributed by atoms with van der Waals surface area (Å²) >= 11 is 5.93. The van der Waals surface area contributed by atoms with Crippen molar-refractivity contribution in [1.82, 2.24) is 4.98 Å². The van der Waals surface area contributed by atoms with Crippen molar-refractivity contribution in [1.29, 1.82) is 0 Å². The van der Waals surface area contributed by atoms with E-state index in [-0.39, 0.29) is 23.4 Å². The third kappa shape index (κ3) is 2.55. The lowest BCUT2D eigenvalue weighted by Gasteiger charge is -2.30. The van der Waals surface area contributed by atoms with Gasteiger partial charge in [0.05, 0.1) is 28.6 Å². The number of hydrogen-bond acceptors (Lipinski definition) is 4. The minimum absolute atomic E-state index is 0.0134. The molecule has 5 heteroatoms. The van der Waals surface area contributed by atoms with Crippen LogP contribution in [0.15, 0.2) is 42.3 Å². The number of hydrogen-bond donors (Lipinski definition) is 1. The average molecular weight is 410 g/mol. The highest BCUT2D eigenvalue weighted by atomic mass is 35.5. The smallest absolute Gasteiger partial charge is 0.173 e. The number of carbonyl (C=O) groups excluding carboxylic acids is 1. The van der Waals surface area contributed by atoms with E-state index in [1.54, 1.807) is 12.3 Å². The van der Waals surface area contributed by atoms with Crippen LogP contribution in [-0.4, -0.2) is 27.1 Å². The first-order chi connectivity index (χ1) is 13.8. The Morgan fingerprint density at radius 3 is 2.45 bits per heavy atom. The molecule has 2 aliphatic heterocycles. The Hall–Kier alpha value is -2.17. The molecule has 3 aliphatic rings. The van der Waals surface area contributed by atoms with Gasteiger partial charge >= 0.3 is 0 Å². The van der Waals surface area contributed by atoms with Gasteiger partial charge in [0.15, 0.2) is 5.78 Å². The molecule has 3 heterocycles. The van der Waals surface area contributed by atoms with E-state index < -0.39 is 11.2 Å². The Balaban J connectivity index is 1.65. The highest BCUT2D eigenvalue weighted by molar-refractivity contribution is 6.29. The van der Waals surface area contributed by atoms with Crippen molar-refractivity contribution in [3.8, 4) is 11.1 Å². The highest BCUT2D eigenvalue weighted by Crippen LogP contribution is 2.63. The summed E-state index contributed by atoms with van der Waals surface area (Å²) in [6.07, 6.45) is 4.22. The van der Waals surface area contributed by atoms with Crippen molar-refractivity contribution in [3.05, 3.63) is 58.6 Å². The predicted octanol–water partition coefficient (Wildman–Crippen LogP) is 5.39. The van der Waals surface area contributed by atoms with Gasteiger partial charge in [-0.3, -0.25) is 4.79 Å². The number of allylic oxidation sites excluding steroid dienone is 1. The summed E-state index contributed by atoms with van der Waals surface area (Å²) in [4.78, 5) is 17.7. The topological polar surface area (TPSA) is 59.4 Å². The van der Waals surface area contributed by atoms with Gasteiger partial charge in [-0.1, -0.05) is 30.7 Å². The molecule has 5 rings (SSSR count). The maximum Gasteiger partial charge on any atom is 0.173 e. The molecule has 1 aromatic heterocycles. The molecule has 1 aliphatic carbocycles. The first-order valence-electron chi connectivity index (χ1n) is 10.2. The van der Waals surface area contributed by atoms with Gasteiger partial charge in [-0.2, -0.15) is 0 Å². The summed E-state index contributed by atoms with van der Waals surface area (Å²) in [6, 6.07) is 9.73. The zero-order valence-electron chi connectivity index (χ0n) is 16.8. The number of pyridine rings is 1. The molecule has 2 bridgehead atoms. The normalized spacial score (nSPS) is 32.9. The second-order valence-electron chi connectivity index (χ2n) is 8.90. The van der Waals surface area contributed by atoms with Crippen LogP contribution in [0.4, 0.5) is 0 Å². The zero-order chi connectivity index (χ0) is 20.6. The molecule has 0 amide bonds. The SMILES string of the molecule is CCc1ccc(-c2ccc(Cl)nc2)cc1C1=C(O)[C@H]2[C@@H](C1=O)C1(C)CCC2(C)O1. The first-order valence-corrected chi connectivity index (χ1v) is 10.6. The molecule has 150 valence electrons. The van der Waals surface area contributed by atoms with Crippen molar-refractivity contribution < 1.29 is 14.6 Å². The largest absolute Gasteiger partial charge is 0.511 e. The molecule has 1 N–H and O–H groups in total.